The summed E-state index contributed by atoms with van der Waals surface area (Å²) >= 11 is 0. The van der Waals surface area contributed by atoms with Gasteiger partial charge in [-0.25, -0.2) is 9.37 Å². The Labute approximate surface area is 220 Å². The summed E-state index contributed by atoms with van der Waals surface area (Å²) in [5, 5.41) is 6.33. The average Bonchev–Trinajstić information content (AvgIpc) is 3.55. The van der Waals surface area contributed by atoms with E-state index in [9.17, 15) is 9.59 Å². The Kier molecular flexibility index (Phi) is 6.57. The van der Waals surface area contributed by atoms with E-state index in [4.69, 9.17) is 0 Å². The molecule has 38 heavy (non-hydrogen) atoms. The van der Waals surface area contributed by atoms with Crippen molar-refractivity contribution in [3.8, 4) is 11.3 Å². The summed E-state index contributed by atoms with van der Waals surface area (Å²) in [6, 6.07) is 8.81. The summed E-state index contributed by atoms with van der Waals surface area (Å²) in [7, 11) is 0. The van der Waals surface area contributed by atoms with Crippen molar-refractivity contribution in [3.05, 3.63) is 60.1 Å². The molecule has 9 nitrogen and oxygen atoms in total. The van der Waals surface area contributed by atoms with Crippen LogP contribution in [0.25, 0.3) is 11.3 Å². The molecule has 5 heterocycles. The third-order valence-corrected chi connectivity index (χ3v) is 7.92. The lowest BCUT2D eigenvalue weighted by Crippen LogP contribution is -2.49. The van der Waals surface area contributed by atoms with E-state index in [-0.39, 0.29) is 17.6 Å². The van der Waals surface area contributed by atoms with Crippen LogP contribution in [0, 0.1) is 24.6 Å². The molecule has 2 unspecified atom stereocenters. The zero-order chi connectivity index (χ0) is 26.2. The normalized spacial score (nSPS) is 21.5. The number of nitrogens with zero attached hydrogens (tertiary/aromatic N) is 4. The number of carbonyl (C=O) groups excluding carboxylic acids is 2. The highest BCUT2D eigenvalue weighted by molar-refractivity contribution is 6.04. The Morgan fingerprint density at radius 3 is 2.79 bits per heavy atom. The van der Waals surface area contributed by atoms with E-state index in [1.54, 1.807) is 24.5 Å². The van der Waals surface area contributed by atoms with Crippen LogP contribution in [-0.2, 0) is 4.79 Å². The van der Waals surface area contributed by atoms with Crippen LogP contribution in [0.4, 0.5) is 15.8 Å². The fraction of sp³-hybridized carbons (Fsp3) is 0.429. The van der Waals surface area contributed by atoms with Crippen LogP contribution in [0.3, 0.4) is 0 Å². The molecular formula is C28H32FN7O2. The maximum atomic E-state index is 15.1. The number of anilines is 2. The molecule has 6 rings (SSSR count). The molecule has 3 aliphatic rings. The summed E-state index contributed by atoms with van der Waals surface area (Å²) in [4.78, 5) is 41.7. The first kappa shape index (κ1) is 24.5. The zero-order valence-corrected chi connectivity index (χ0v) is 21.4. The lowest BCUT2D eigenvalue weighted by atomic mass is 9.92. The Hall–Kier alpha value is -3.79. The van der Waals surface area contributed by atoms with E-state index in [0.717, 1.165) is 37.3 Å². The smallest absolute Gasteiger partial charge is 0.291 e. The maximum Gasteiger partial charge on any atom is 0.291 e. The molecule has 0 aliphatic carbocycles. The second-order valence-corrected chi connectivity index (χ2v) is 10.6. The number of aromatic amines is 1. The van der Waals surface area contributed by atoms with E-state index in [2.05, 4.69) is 25.6 Å². The summed E-state index contributed by atoms with van der Waals surface area (Å²) in [6.45, 7) is 5.60. The number of piperidine rings is 2. The summed E-state index contributed by atoms with van der Waals surface area (Å²) in [6.07, 6.45) is 5.84. The molecule has 3 N–H and O–H groups in total. The van der Waals surface area contributed by atoms with Gasteiger partial charge in [0.05, 0.1) is 17.1 Å². The number of aromatic nitrogens is 3. The van der Waals surface area contributed by atoms with E-state index in [0.29, 0.717) is 55.0 Å². The van der Waals surface area contributed by atoms with Gasteiger partial charge < -0.3 is 25.4 Å². The Bertz CT molecular complexity index is 1340. The number of pyridine rings is 1. The molecule has 198 valence electrons. The largest absolute Gasteiger partial charge is 0.367 e. The number of rotatable bonds is 5. The highest BCUT2D eigenvalue weighted by Crippen LogP contribution is 2.34. The van der Waals surface area contributed by atoms with Gasteiger partial charge in [0.2, 0.25) is 5.91 Å². The second-order valence-electron chi connectivity index (χ2n) is 10.6. The van der Waals surface area contributed by atoms with Gasteiger partial charge in [0.25, 0.3) is 5.91 Å². The highest BCUT2D eigenvalue weighted by Gasteiger charge is 2.38. The fourth-order valence-electron chi connectivity index (χ4n) is 6.03. The first-order chi connectivity index (χ1) is 18.4. The minimum absolute atomic E-state index is 0.0491. The van der Waals surface area contributed by atoms with Crippen molar-refractivity contribution < 1.29 is 14.0 Å². The molecule has 2 amide bonds. The molecule has 2 aromatic heterocycles. The van der Waals surface area contributed by atoms with Crippen LogP contribution in [0.5, 0.6) is 0 Å². The standard InChI is InChI=1S/C28H32FN7O2/c1-17-11-20(5-8-30-17)24-14-32-26(33-24)27(37)34-23-4-2-3-22(29)25(23)35-9-6-19(7-10-35)28(38)36-15-18-12-21(16-36)31-13-18/h2-5,8,11,14,18-19,21,31H,6-7,9-10,12-13,15-16H2,1H3,(H,32,33)(H,34,37). The van der Waals surface area contributed by atoms with E-state index >= 15 is 4.39 Å². The Morgan fingerprint density at radius 1 is 1.16 bits per heavy atom. The molecule has 0 spiro atoms. The van der Waals surface area contributed by atoms with Gasteiger partial charge in [-0.1, -0.05) is 6.07 Å². The Morgan fingerprint density at radius 2 is 2.00 bits per heavy atom. The molecule has 3 fully saturated rings. The number of fused-ring (bicyclic) bond motifs is 2. The number of H-pyrrole nitrogens is 1. The zero-order valence-electron chi connectivity index (χ0n) is 21.4. The number of imidazole rings is 1. The number of hydrogen-bond donors (Lipinski definition) is 3. The molecule has 0 radical (unpaired) electrons. The molecule has 10 heteroatoms. The number of likely N-dealkylation sites (tertiary alicyclic amines) is 1. The van der Waals surface area contributed by atoms with Crippen molar-refractivity contribution in [2.24, 2.45) is 11.8 Å². The molecule has 3 saturated heterocycles. The number of hydrogen-bond acceptors (Lipinski definition) is 6. The highest BCUT2D eigenvalue weighted by atomic mass is 19.1. The number of halogens is 1. The van der Waals surface area contributed by atoms with Crippen molar-refractivity contribution in [3.63, 3.8) is 0 Å². The quantitative estimate of drug-likeness (QED) is 0.480. The van der Waals surface area contributed by atoms with Crippen LogP contribution in [-0.4, -0.2) is 70.4 Å². The summed E-state index contributed by atoms with van der Waals surface area (Å²) in [5.41, 5.74) is 3.07. The number of nitrogens with one attached hydrogen (secondary N) is 3. The Balaban J connectivity index is 1.12. The van der Waals surface area contributed by atoms with Crippen molar-refractivity contribution in [2.75, 3.05) is 42.9 Å². The minimum Gasteiger partial charge on any atom is -0.367 e. The average molecular weight is 518 g/mol. The number of benzene rings is 1. The molecule has 2 atom stereocenters. The topological polar surface area (TPSA) is 106 Å². The molecule has 3 aliphatic heterocycles. The maximum absolute atomic E-state index is 15.1. The van der Waals surface area contributed by atoms with Crippen LogP contribution >= 0.6 is 0 Å². The molecular weight excluding hydrogens is 485 g/mol. The third-order valence-electron chi connectivity index (χ3n) is 7.92. The number of aryl methyl sites for hydroxylation is 1. The van der Waals surface area contributed by atoms with Crippen molar-refractivity contribution in [1.82, 2.24) is 25.2 Å². The van der Waals surface area contributed by atoms with Gasteiger partial charge in [-0.05, 0) is 56.4 Å². The first-order valence-corrected chi connectivity index (χ1v) is 13.3. The predicted molar refractivity (Wildman–Crippen MR) is 142 cm³/mol. The molecule has 1 aromatic carbocycles. The van der Waals surface area contributed by atoms with Crippen LogP contribution in [0.1, 0.15) is 35.6 Å². The monoisotopic (exact) mass is 517 g/mol. The van der Waals surface area contributed by atoms with Gasteiger partial charge in [-0.3, -0.25) is 14.6 Å². The SMILES string of the molecule is Cc1cc(-c2c[nH]c(C(=O)Nc3cccc(F)c3N3CCC(C(=O)N4CC5CNC(C5)C4)CC3)n2)ccn1. The van der Waals surface area contributed by atoms with E-state index < -0.39 is 11.7 Å². The van der Waals surface area contributed by atoms with Crippen LogP contribution in [0.2, 0.25) is 0 Å². The van der Waals surface area contributed by atoms with Gasteiger partial charge in [0.15, 0.2) is 5.82 Å². The van der Waals surface area contributed by atoms with E-state index in [1.165, 1.54) is 6.07 Å². The molecule has 2 bridgehead atoms. The lowest BCUT2D eigenvalue weighted by Gasteiger charge is -2.38. The lowest BCUT2D eigenvalue weighted by molar-refractivity contribution is -0.137. The summed E-state index contributed by atoms with van der Waals surface area (Å²) < 4.78 is 15.1. The number of amides is 2. The van der Waals surface area contributed by atoms with Gasteiger partial charge in [-0.2, -0.15) is 0 Å². The van der Waals surface area contributed by atoms with Gasteiger partial charge >= 0.3 is 0 Å². The van der Waals surface area contributed by atoms with Gasteiger partial charge in [0, 0.05) is 68.3 Å². The number of para-hydroxylation sites is 1. The van der Waals surface area contributed by atoms with Crippen molar-refractivity contribution in [1.29, 1.82) is 0 Å². The molecule has 0 saturated carbocycles. The minimum atomic E-state index is -0.452. The third kappa shape index (κ3) is 4.88. The fourth-order valence-corrected chi connectivity index (χ4v) is 6.03. The van der Waals surface area contributed by atoms with Gasteiger partial charge in [0.1, 0.15) is 5.82 Å². The summed E-state index contributed by atoms with van der Waals surface area (Å²) in [5.74, 6) is 0.0152. The molecule has 3 aromatic rings. The van der Waals surface area contributed by atoms with Crippen molar-refractivity contribution in [2.45, 2.75) is 32.2 Å². The van der Waals surface area contributed by atoms with Crippen LogP contribution < -0.4 is 15.5 Å². The van der Waals surface area contributed by atoms with E-state index in [1.807, 2.05) is 28.9 Å². The van der Waals surface area contributed by atoms with Gasteiger partial charge in [-0.15, -0.1) is 0 Å². The first-order valence-electron chi connectivity index (χ1n) is 13.3. The second kappa shape index (κ2) is 10.2. The van der Waals surface area contributed by atoms with Crippen LogP contribution in [0.15, 0.2) is 42.7 Å². The number of carbonyl (C=O) groups is 2. The predicted octanol–water partition coefficient (Wildman–Crippen LogP) is 3.21. The van der Waals surface area contributed by atoms with Crippen molar-refractivity contribution >= 4 is 23.2 Å².